The molecule has 1 saturated heterocycles. The lowest BCUT2D eigenvalue weighted by atomic mass is 9.91. The van der Waals surface area contributed by atoms with Crippen LogP contribution in [0.5, 0.6) is 0 Å². The monoisotopic (exact) mass is 579 g/mol. The maximum Gasteiger partial charge on any atom is 0.337 e. The van der Waals surface area contributed by atoms with Crippen molar-refractivity contribution in [1.82, 2.24) is 19.9 Å². The first-order valence-corrected chi connectivity index (χ1v) is 14.5. The lowest BCUT2D eigenvalue weighted by Gasteiger charge is -2.28. The molecule has 10 heteroatoms. The Balaban J connectivity index is 1.66. The van der Waals surface area contributed by atoms with Gasteiger partial charge in [0, 0.05) is 41.5 Å². The van der Waals surface area contributed by atoms with Crippen LogP contribution in [-0.4, -0.2) is 69.8 Å². The van der Waals surface area contributed by atoms with Crippen molar-refractivity contribution in [3.8, 4) is 21.8 Å². The van der Waals surface area contributed by atoms with Crippen molar-refractivity contribution in [3.63, 3.8) is 0 Å². The van der Waals surface area contributed by atoms with Crippen LogP contribution in [-0.2, 0) is 9.53 Å². The lowest BCUT2D eigenvalue weighted by Crippen LogP contribution is -2.32. The summed E-state index contributed by atoms with van der Waals surface area (Å²) in [5.41, 5.74) is 3.89. The van der Waals surface area contributed by atoms with Gasteiger partial charge in [0.15, 0.2) is 6.10 Å². The number of rotatable bonds is 7. The molecule has 40 heavy (non-hydrogen) atoms. The molecule has 1 aliphatic rings. The molecule has 0 aliphatic carbocycles. The molecule has 1 fully saturated rings. The van der Waals surface area contributed by atoms with Gasteiger partial charge in [-0.3, -0.25) is 0 Å². The van der Waals surface area contributed by atoms with E-state index in [0.29, 0.717) is 22.6 Å². The number of carboxylic acids is 1. The SMILES string of the molecule is Cc1cc2nc(-c3ccnc(N4CCC(N(C)C)C4)n3)sc2c(-c2ccc(Cl)cc2)c1[C@H](OC(C)(C)C)C(=O)O. The number of anilines is 1. The molecule has 1 aliphatic heterocycles. The molecule has 2 aromatic heterocycles. The molecule has 210 valence electrons. The van der Waals surface area contributed by atoms with Crippen molar-refractivity contribution in [3.05, 3.63) is 58.7 Å². The second-order valence-electron chi connectivity index (χ2n) is 11.4. The van der Waals surface area contributed by atoms with Crippen molar-refractivity contribution in [1.29, 1.82) is 0 Å². The maximum absolute atomic E-state index is 12.6. The van der Waals surface area contributed by atoms with Gasteiger partial charge in [-0.05, 0) is 83.6 Å². The zero-order valence-electron chi connectivity index (χ0n) is 23.6. The topological polar surface area (TPSA) is 91.7 Å². The minimum atomic E-state index is -1.16. The Morgan fingerprint density at radius 1 is 1.20 bits per heavy atom. The minimum Gasteiger partial charge on any atom is -0.479 e. The number of halogens is 1. The van der Waals surface area contributed by atoms with Crippen LogP contribution in [0.2, 0.25) is 5.02 Å². The summed E-state index contributed by atoms with van der Waals surface area (Å²) in [7, 11) is 4.20. The van der Waals surface area contributed by atoms with Crippen LogP contribution in [0.3, 0.4) is 0 Å². The van der Waals surface area contributed by atoms with Crippen LogP contribution in [0.15, 0.2) is 42.6 Å². The summed E-state index contributed by atoms with van der Waals surface area (Å²) in [6.45, 7) is 9.27. The number of carboxylic acid groups (broad SMARTS) is 1. The molecule has 0 saturated carbocycles. The number of aromatic nitrogens is 3. The highest BCUT2D eigenvalue weighted by atomic mass is 35.5. The molecule has 2 aromatic carbocycles. The van der Waals surface area contributed by atoms with Gasteiger partial charge in [-0.25, -0.2) is 19.7 Å². The average Bonchev–Trinajstić information content (AvgIpc) is 3.55. The van der Waals surface area contributed by atoms with Gasteiger partial charge in [-0.2, -0.15) is 0 Å². The van der Waals surface area contributed by atoms with E-state index in [1.165, 1.54) is 11.3 Å². The number of nitrogens with zero attached hydrogens (tertiary/aromatic N) is 5. The van der Waals surface area contributed by atoms with Gasteiger partial charge >= 0.3 is 5.97 Å². The van der Waals surface area contributed by atoms with Crippen LogP contribution in [0.25, 0.3) is 32.0 Å². The molecule has 0 amide bonds. The number of aliphatic carboxylic acids is 1. The fraction of sp³-hybridized carbons (Fsp3) is 0.400. The molecule has 4 aromatic rings. The molecule has 0 bridgehead atoms. The van der Waals surface area contributed by atoms with Crippen molar-refractivity contribution in [2.75, 3.05) is 32.1 Å². The number of carbonyl (C=O) groups is 1. The Morgan fingerprint density at radius 3 is 2.55 bits per heavy atom. The Bertz CT molecular complexity index is 1550. The number of hydrogen-bond acceptors (Lipinski definition) is 8. The van der Waals surface area contributed by atoms with Crippen molar-refractivity contribution in [2.24, 2.45) is 0 Å². The van der Waals surface area contributed by atoms with Crippen LogP contribution in [0.4, 0.5) is 5.95 Å². The predicted octanol–water partition coefficient (Wildman–Crippen LogP) is 6.46. The van der Waals surface area contributed by atoms with Crippen molar-refractivity contribution < 1.29 is 14.6 Å². The largest absolute Gasteiger partial charge is 0.479 e. The Hall–Kier alpha value is -3.11. The lowest BCUT2D eigenvalue weighted by molar-refractivity contribution is -0.160. The number of aryl methyl sites for hydroxylation is 1. The fourth-order valence-electron chi connectivity index (χ4n) is 5.11. The number of benzene rings is 2. The zero-order chi connectivity index (χ0) is 28.8. The molecule has 2 atom stereocenters. The van der Waals surface area contributed by atoms with Gasteiger partial charge in [0.05, 0.1) is 15.8 Å². The molecule has 5 rings (SSSR count). The van der Waals surface area contributed by atoms with Crippen LogP contribution >= 0.6 is 22.9 Å². The summed E-state index contributed by atoms with van der Waals surface area (Å²) in [5, 5.41) is 11.6. The van der Waals surface area contributed by atoms with Crippen LogP contribution < -0.4 is 4.90 Å². The van der Waals surface area contributed by atoms with Gasteiger partial charge < -0.3 is 19.6 Å². The Kier molecular flexibility index (Phi) is 7.85. The number of likely N-dealkylation sites (N-methyl/N-ethyl adjacent to an activating group) is 1. The first-order valence-electron chi connectivity index (χ1n) is 13.3. The van der Waals surface area contributed by atoms with Gasteiger partial charge in [-0.15, -0.1) is 11.3 Å². The molecular formula is C30H34ClN5O3S. The van der Waals surface area contributed by atoms with E-state index >= 15 is 0 Å². The molecule has 1 unspecified atom stereocenters. The number of hydrogen-bond donors (Lipinski definition) is 1. The van der Waals surface area contributed by atoms with Crippen molar-refractivity contribution >= 4 is 45.1 Å². The molecule has 0 radical (unpaired) electrons. The third-order valence-corrected chi connectivity index (χ3v) is 8.42. The van der Waals surface area contributed by atoms with E-state index in [0.717, 1.165) is 57.1 Å². The highest BCUT2D eigenvalue weighted by molar-refractivity contribution is 7.22. The average molecular weight is 580 g/mol. The Morgan fingerprint density at radius 2 is 1.93 bits per heavy atom. The Labute approximate surface area is 243 Å². The van der Waals surface area contributed by atoms with E-state index in [2.05, 4.69) is 28.9 Å². The van der Waals surface area contributed by atoms with Crippen LogP contribution in [0.1, 0.15) is 44.4 Å². The molecule has 3 heterocycles. The predicted molar refractivity (Wildman–Crippen MR) is 161 cm³/mol. The van der Waals surface area contributed by atoms with E-state index in [-0.39, 0.29) is 0 Å². The molecular weight excluding hydrogens is 546 g/mol. The van der Waals surface area contributed by atoms with Crippen molar-refractivity contribution in [2.45, 2.75) is 51.9 Å². The standard InChI is InChI=1S/C30H34ClN5O3S/c1-17-15-22-26(24(18-7-9-19(31)10-8-18)23(17)25(28(37)38)39-30(2,3)4)40-27(33-22)21-11-13-32-29(34-21)36-14-12-20(16-36)35(5)6/h7-11,13,15,20,25H,12,14,16H2,1-6H3,(H,37,38)/t20?,25-/m0/s1. The van der Waals surface area contributed by atoms with E-state index in [1.54, 1.807) is 6.20 Å². The van der Waals surface area contributed by atoms with E-state index < -0.39 is 17.7 Å². The number of ether oxygens (including phenoxy) is 1. The van der Waals surface area contributed by atoms with Crippen LogP contribution in [0, 0.1) is 6.92 Å². The zero-order valence-corrected chi connectivity index (χ0v) is 25.2. The van der Waals surface area contributed by atoms with Gasteiger partial charge in [0.25, 0.3) is 0 Å². The fourth-order valence-corrected chi connectivity index (χ4v) is 6.33. The minimum absolute atomic E-state index is 0.468. The van der Waals surface area contributed by atoms with Gasteiger partial charge in [0.2, 0.25) is 5.95 Å². The summed E-state index contributed by atoms with van der Waals surface area (Å²) in [5.74, 6) is -0.347. The second-order valence-corrected chi connectivity index (χ2v) is 12.8. The normalized spacial score (nSPS) is 16.7. The first kappa shape index (κ1) is 28.4. The third kappa shape index (κ3) is 5.83. The number of fused-ring (bicyclic) bond motifs is 1. The number of thiazole rings is 1. The third-order valence-electron chi connectivity index (χ3n) is 7.06. The van der Waals surface area contributed by atoms with Gasteiger partial charge in [-0.1, -0.05) is 23.7 Å². The first-order chi connectivity index (χ1) is 18.9. The van der Waals surface area contributed by atoms with E-state index in [4.69, 9.17) is 26.3 Å². The summed E-state index contributed by atoms with van der Waals surface area (Å²) in [4.78, 5) is 31.4. The summed E-state index contributed by atoms with van der Waals surface area (Å²) < 4.78 is 6.99. The quantitative estimate of drug-likeness (QED) is 0.266. The smallest absolute Gasteiger partial charge is 0.337 e. The van der Waals surface area contributed by atoms with Gasteiger partial charge in [0.1, 0.15) is 10.7 Å². The summed E-state index contributed by atoms with van der Waals surface area (Å²) >= 11 is 7.71. The highest BCUT2D eigenvalue weighted by Gasteiger charge is 2.32. The highest BCUT2D eigenvalue weighted by Crippen LogP contribution is 2.44. The molecule has 1 N–H and O–H groups in total. The summed E-state index contributed by atoms with van der Waals surface area (Å²) in [6.07, 6.45) is 1.68. The summed E-state index contributed by atoms with van der Waals surface area (Å²) in [6, 6.07) is 11.7. The maximum atomic E-state index is 12.6. The molecule has 0 spiro atoms. The molecule has 8 nitrogen and oxygen atoms in total. The second kappa shape index (κ2) is 11.0. The van der Waals surface area contributed by atoms with E-state index in [1.807, 2.05) is 64.1 Å². The van der Waals surface area contributed by atoms with E-state index in [9.17, 15) is 9.90 Å².